The monoisotopic (exact) mass is 419 g/mol. The number of halogens is 1. The normalized spacial score (nSPS) is 16.1. The number of anilines is 1. The summed E-state index contributed by atoms with van der Waals surface area (Å²) in [7, 11) is 0.0646. The Labute approximate surface area is 171 Å². The number of carbonyl (C=O) groups excluding carboxylic acids is 1. The van der Waals surface area contributed by atoms with E-state index in [1.54, 1.807) is 31.3 Å². The molecule has 1 amide bonds. The van der Waals surface area contributed by atoms with Crippen LogP contribution >= 0.6 is 0 Å². The average molecular weight is 420 g/mol. The van der Waals surface area contributed by atoms with Crippen LogP contribution in [0.1, 0.15) is 18.4 Å². The first-order valence-electron chi connectivity index (χ1n) is 9.56. The topological polar surface area (TPSA) is 69.7 Å². The van der Waals surface area contributed by atoms with E-state index in [0.717, 1.165) is 25.9 Å². The van der Waals surface area contributed by atoms with Gasteiger partial charge >= 0.3 is 0 Å². The summed E-state index contributed by atoms with van der Waals surface area (Å²) in [4.78, 5) is 14.5. The summed E-state index contributed by atoms with van der Waals surface area (Å²) >= 11 is 0. The third-order valence-electron chi connectivity index (χ3n) is 5.27. The summed E-state index contributed by atoms with van der Waals surface area (Å²) in [5.74, 6) is -0.687. The Morgan fingerprint density at radius 2 is 1.83 bits per heavy atom. The highest BCUT2D eigenvalue weighted by atomic mass is 32.2. The number of nitrogens with zero attached hydrogens (tertiary/aromatic N) is 2. The van der Waals surface area contributed by atoms with Crippen molar-refractivity contribution in [1.29, 1.82) is 0 Å². The van der Waals surface area contributed by atoms with Crippen LogP contribution in [0.2, 0.25) is 0 Å². The van der Waals surface area contributed by atoms with Gasteiger partial charge in [0.25, 0.3) is 0 Å². The number of carbonyl (C=O) groups is 1. The lowest BCUT2D eigenvalue weighted by molar-refractivity contribution is -0.115. The Morgan fingerprint density at radius 3 is 2.45 bits per heavy atom. The lowest BCUT2D eigenvalue weighted by Crippen LogP contribution is -2.44. The molecule has 8 heteroatoms. The number of rotatable bonds is 6. The summed E-state index contributed by atoms with van der Waals surface area (Å²) in [5, 5.41) is 2.71. The molecule has 2 aromatic rings. The summed E-state index contributed by atoms with van der Waals surface area (Å²) in [6, 6.07) is 12.0. The first-order chi connectivity index (χ1) is 13.8. The second kappa shape index (κ2) is 9.02. The van der Waals surface area contributed by atoms with Crippen LogP contribution in [0, 0.1) is 5.82 Å². The molecule has 0 atom stereocenters. The zero-order chi connectivity index (χ0) is 21.0. The van der Waals surface area contributed by atoms with Crippen LogP contribution in [0.25, 0.3) is 0 Å². The van der Waals surface area contributed by atoms with Crippen LogP contribution in [-0.2, 0) is 21.2 Å². The average Bonchev–Trinajstić information content (AvgIpc) is 2.68. The quantitative estimate of drug-likeness (QED) is 0.782. The third-order valence-corrected chi connectivity index (χ3v) is 7.20. The Bertz CT molecular complexity index is 955. The molecule has 1 saturated heterocycles. The van der Waals surface area contributed by atoms with Gasteiger partial charge in [-0.05, 0) is 74.9 Å². The van der Waals surface area contributed by atoms with Crippen molar-refractivity contribution in [2.75, 3.05) is 32.5 Å². The minimum Gasteiger partial charge on any atom is -0.326 e. The van der Waals surface area contributed by atoms with Crippen LogP contribution in [0.4, 0.5) is 10.1 Å². The fourth-order valence-corrected chi connectivity index (χ4v) is 4.88. The van der Waals surface area contributed by atoms with Crippen molar-refractivity contribution >= 4 is 21.6 Å². The van der Waals surface area contributed by atoms with Gasteiger partial charge in [-0.1, -0.05) is 12.1 Å². The van der Waals surface area contributed by atoms with Crippen LogP contribution < -0.4 is 5.32 Å². The van der Waals surface area contributed by atoms with Gasteiger partial charge in [0.1, 0.15) is 5.82 Å². The van der Waals surface area contributed by atoms with Crippen molar-refractivity contribution in [1.82, 2.24) is 9.21 Å². The van der Waals surface area contributed by atoms with E-state index in [4.69, 9.17) is 0 Å². The summed E-state index contributed by atoms with van der Waals surface area (Å²) in [6.45, 7) is 1.75. The molecule has 0 aliphatic carbocycles. The zero-order valence-electron chi connectivity index (χ0n) is 16.6. The highest BCUT2D eigenvalue weighted by molar-refractivity contribution is 7.89. The largest absolute Gasteiger partial charge is 0.326 e. The van der Waals surface area contributed by atoms with Gasteiger partial charge in [-0.25, -0.2) is 12.8 Å². The minimum atomic E-state index is -3.59. The maximum Gasteiger partial charge on any atom is 0.243 e. The fraction of sp³-hybridized carbons (Fsp3) is 0.381. The van der Waals surface area contributed by atoms with E-state index in [0.29, 0.717) is 11.3 Å². The van der Waals surface area contributed by atoms with Gasteiger partial charge in [0, 0.05) is 18.8 Å². The lowest BCUT2D eigenvalue weighted by Gasteiger charge is -2.34. The van der Waals surface area contributed by atoms with E-state index >= 15 is 0 Å². The van der Waals surface area contributed by atoms with E-state index in [1.165, 1.54) is 28.6 Å². The highest BCUT2D eigenvalue weighted by Gasteiger charge is 2.30. The molecular weight excluding hydrogens is 393 g/mol. The molecule has 6 nitrogen and oxygen atoms in total. The van der Waals surface area contributed by atoms with Gasteiger partial charge < -0.3 is 10.2 Å². The van der Waals surface area contributed by atoms with Crippen molar-refractivity contribution in [3.8, 4) is 0 Å². The second-order valence-corrected chi connectivity index (χ2v) is 9.43. The number of hydrogen-bond acceptors (Lipinski definition) is 4. The molecule has 2 aromatic carbocycles. The fourth-order valence-electron chi connectivity index (χ4n) is 3.47. The Balaban J connectivity index is 1.63. The standard InChI is InChI=1S/C21H26FN3O3S/c1-24-12-10-19(11-13-24)25(2)29(27,28)20-8-6-18(7-9-20)23-21(26)15-16-4-3-5-17(22)14-16/h3-9,14,19H,10-13,15H2,1-2H3,(H,23,26). The number of amides is 1. The summed E-state index contributed by atoms with van der Waals surface area (Å²) < 4.78 is 40.5. The van der Waals surface area contributed by atoms with Crippen molar-refractivity contribution in [2.45, 2.75) is 30.2 Å². The van der Waals surface area contributed by atoms with Gasteiger partial charge in [-0.3, -0.25) is 4.79 Å². The van der Waals surface area contributed by atoms with Crippen molar-refractivity contribution < 1.29 is 17.6 Å². The van der Waals surface area contributed by atoms with Gasteiger partial charge in [-0.2, -0.15) is 4.31 Å². The number of sulfonamides is 1. The maximum absolute atomic E-state index is 13.2. The molecule has 0 bridgehead atoms. The number of hydrogen-bond donors (Lipinski definition) is 1. The molecular formula is C21H26FN3O3S. The Hall–Kier alpha value is -2.29. The van der Waals surface area contributed by atoms with Gasteiger partial charge in [0.2, 0.25) is 15.9 Å². The Kier molecular flexibility index (Phi) is 6.66. The SMILES string of the molecule is CN1CCC(N(C)S(=O)(=O)c2ccc(NC(=O)Cc3cccc(F)c3)cc2)CC1. The van der Waals surface area contributed by atoms with E-state index in [2.05, 4.69) is 10.2 Å². The molecule has 29 heavy (non-hydrogen) atoms. The van der Waals surface area contributed by atoms with Crippen LogP contribution in [-0.4, -0.2) is 56.8 Å². The number of benzene rings is 2. The molecule has 1 fully saturated rings. The molecule has 0 spiro atoms. The van der Waals surface area contributed by atoms with Crippen LogP contribution in [0.5, 0.6) is 0 Å². The maximum atomic E-state index is 13.2. The second-order valence-electron chi connectivity index (χ2n) is 7.43. The number of piperidine rings is 1. The van der Waals surface area contributed by atoms with E-state index in [9.17, 15) is 17.6 Å². The van der Waals surface area contributed by atoms with E-state index in [1.807, 2.05) is 7.05 Å². The lowest BCUT2D eigenvalue weighted by atomic mass is 10.1. The third kappa shape index (κ3) is 5.41. The van der Waals surface area contributed by atoms with Crippen molar-refractivity contribution in [2.24, 2.45) is 0 Å². The number of nitrogens with one attached hydrogen (secondary N) is 1. The van der Waals surface area contributed by atoms with Gasteiger partial charge in [0.05, 0.1) is 11.3 Å². The van der Waals surface area contributed by atoms with Crippen molar-refractivity contribution in [3.63, 3.8) is 0 Å². The molecule has 1 N–H and O–H groups in total. The summed E-state index contributed by atoms with van der Waals surface area (Å²) in [6.07, 6.45) is 1.65. The molecule has 1 aliphatic heterocycles. The number of likely N-dealkylation sites (tertiary alicyclic amines) is 1. The first kappa shape index (κ1) is 21.4. The molecule has 1 aliphatic rings. The van der Waals surface area contributed by atoms with Crippen molar-refractivity contribution in [3.05, 3.63) is 59.9 Å². The highest BCUT2D eigenvalue weighted by Crippen LogP contribution is 2.23. The first-order valence-corrected chi connectivity index (χ1v) is 11.0. The van der Waals surface area contributed by atoms with Crippen LogP contribution in [0.3, 0.4) is 0 Å². The van der Waals surface area contributed by atoms with E-state index in [-0.39, 0.29) is 23.3 Å². The molecule has 0 aromatic heterocycles. The minimum absolute atomic E-state index is 0.0122. The molecule has 0 unspecified atom stereocenters. The molecule has 0 saturated carbocycles. The smallest absolute Gasteiger partial charge is 0.243 e. The summed E-state index contributed by atoms with van der Waals surface area (Å²) in [5.41, 5.74) is 1.06. The predicted molar refractivity (Wildman–Crippen MR) is 111 cm³/mol. The van der Waals surface area contributed by atoms with E-state index < -0.39 is 15.8 Å². The van der Waals surface area contributed by atoms with Gasteiger partial charge in [-0.15, -0.1) is 0 Å². The zero-order valence-corrected chi connectivity index (χ0v) is 17.5. The van der Waals surface area contributed by atoms with Gasteiger partial charge in [0.15, 0.2) is 0 Å². The molecule has 0 radical (unpaired) electrons. The molecule has 156 valence electrons. The van der Waals surface area contributed by atoms with Crippen LogP contribution in [0.15, 0.2) is 53.4 Å². The Morgan fingerprint density at radius 1 is 1.17 bits per heavy atom. The molecule has 3 rings (SSSR count). The molecule has 1 heterocycles. The predicted octanol–water partition coefficient (Wildman–Crippen LogP) is 2.72.